The highest BCUT2D eigenvalue weighted by atomic mass is 35.5. The van der Waals surface area contributed by atoms with Gasteiger partial charge < -0.3 is 15.5 Å². The summed E-state index contributed by atoms with van der Waals surface area (Å²) in [6, 6.07) is 14.1. The maximum atomic E-state index is 12.1. The molecule has 2 aromatic carbocycles. The number of halogens is 1. The van der Waals surface area contributed by atoms with Crippen LogP contribution in [0, 0.1) is 0 Å². The van der Waals surface area contributed by atoms with Crippen molar-refractivity contribution in [1.29, 1.82) is 0 Å². The van der Waals surface area contributed by atoms with Crippen LogP contribution in [0.4, 0.5) is 5.69 Å². The van der Waals surface area contributed by atoms with E-state index in [4.69, 9.17) is 10.2 Å². The van der Waals surface area contributed by atoms with Gasteiger partial charge in [-0.1, -0.05) is 30.3 Å². The zero-order valence-corrected chi connectivity index (χ0v) is 16.9. The molecule has 0 spiro atoms. The van der Waals surface area contributed by atoms with Crippen LogP contribution >= 0.6 is 12.4 Å². The Bertz CT molecular complexity index is 1050. The first-order valence-corrected chi connectivity index (χ1v) is 10.5. The average molecular weight is 424 g/mol. The monoisotopic (exact) mass is 423 g/mol. The number of carbonyl (C=O) groups is 1. The van der Waals surface area contributed by atoms with Crippen LogP contribution in [0.2, 0.25) is 0 Å². The lowest BCUT2D eigenvalue weighted by Gasteiger charge is -2.11. The molecule has 150 valence electrons. The first kappa shape index (κ1) is 21.9. The van der Waals surface area contributed by atoms with E-state index < -0.39 is 21.8 Å². The molecule has 1 amide bonds. The van der Waals surface area contributed by atoms with Gasteiger partial charge in [0, 0.05) is 24.4 Å². The van der Waals surface area contributed by atoms with Crippen LogP contribution in [0.3, 0.4) is 0 Å². The van der Waals surface area contributed by atoms with E-state index in [9.17, 15) is 13.2 Å². The highest BCUT2D eigenvalue weighted by molar-refractivity contribution is 7.90. The van der Waals surface area contributed by atoms with Gasteiger partial charge in [-0.25, -0.2) is 13.4 Å². The summed E-state index contributed by atoms with van der Waals surface area (Å²) in [5.41, 5.74) is 8.63. The number of hydrogen-bond donors (Lipinski definition) is 2. The van der Waals surface area contributed by atoms with Gasteiger partial charge >= 0.3 is 0 Å². The van der Waals surface area contributed by atoms with Gasteiger partial charge in [0.05, 0.1) is 11.8 Å². The van der Waals surface area contributed by atoms with Crippen molar-refractivity contribution in [2.45, 2.75) is 18.9 Å². The molecule has 0 saturated carbocycles. The van der Waals surface area contributed by atoms with Gasteiger partial charge in [-0.2, -0.15) is 0 Å². The van der Waals surface area contributed by atoms with E-state index >= 15 is 0 Å². The lowest BCUT2D eigenvalue weighted by atomic mass is 10.1. The maximum Gasteiger partial charge on any atom is 0.241 e. The topological polar surface area (TPSA) is 115 Å². The minimum Gasteiger partial charge on any atom is -0.440 e. The van der Waals surface area contributed by atoms with Crippen molar-refractivity contribution < 1.29 is 17.6 Å². The highest BCUT2D eigenvalue weighted by Gasteiger charge is 2.17. The van der Waals surface area contributed by atoms with E-state index in [1.807, 2.05) is 30.3 Å². The third kappa shape index (κ3) is 6.05. The fraction of sp³-hybridized carbons (Fsp3) is 0.263. The number of rotatable bonds is 7. The molecular formula is C19H22ClN3O4S. The summed E-state index contributed by atoms with van der Waals surface area (Å²) in [7, 11) is -3.16. The number of nitrogens with two attached hydrogens (primary N) is 1. The molecule has 28 heavy (non-hydrogen) atoms. The molecule has 0 saturated heterocycles. The number of anilines is 1. The normalized spacial score (nSPS) is 12.4. The molecule has 0 radical (unpaired) electrons. The third-order valence-electron chi connectivity index (χ3n) is 4.03. The van der Waals surface area contributed by atoms with Gasteiger partial charge in [0.1, 0.15) is 15.4 Å². The second kappa shape index (κ2) is 9.18. The Kier molecular flexibility index (Phi) is 7.17. The van der Waals surface area contributed by atoms with Crippen molar-refractivity contribution in [3.63, 3.8) is 0 Å². The molecule has 3 rings (SSSR count). The number of fused-ring (bicyclic) bond motifs is 1. The van der Waals surface area contributed by atoms with Crippen molar-refractivity contribution in [1.82, 2.24) is 4.98 Å². The molecule has 3 N–H and O–H groups in total. The quantitative estimate of drug-likeness (QED) is 0.603. The van der Waals surface area contributed by atoms with E-state index in [0.717, 1.165) is 11.8 Å². The van der Waals surface area contributed by atoms with E-state index in [1.165, 1.54) is 0 Å². The van der Waals surface area contributed by atoms with E-state index in [-0.39, 0.29) is 24.6 Å². The largest absolute Gasteiger partial charge is 0.440 e. The molecule has 0 aliphatic heterocycles. The Morgan fingerprint density at radius 3 is 2.61 bits per heavy atom. The summed E-state index contributed by atoms with van der Waals surface area (Å²) in [5, 5.41) is 2.68. The molecule has 9 heteroatoms. The van der Waals surface area contributed by atoms with Gasteiger partial charge in [-0.15, -0.1) is 12.4 Å². The maximum absolute atomic E-state index is 12.1. The number of nitrogens with zero attached hydrogens (tertiary/aromatic N) is 1. The zero-order chi connectivity index (χ0) is 19.4. The smallest absolute Gasteiger partial charge is 0.241 e. The highest BCUT2D eigenvalue weighted by Crippen LogP contribution is 2.22. The summed E-state index contributed by atoms with van der Waals surface area (Å²) in [4.78, 5) is 16.6. The van der Waals surface area contributed by atoms with E-state index in [1.54, 1.807) is 18.2 Å². The lowest BCUT2D eigenvalue weighted by molar-refractivity contribution is -0.117. The fourth-order valence-electron chi connectivity index (χ4n) is 2.60. The van der Waals surface area contributed by atoms with Crippen molar-refractivity contribution in [2.24, 2.45) is 5.73 Å². The second-order valence-corrected chi connectivity index (χ2v) is 8.73. The summed E-state index contributed by atoms with van der Waals surface area (Å²) >= 11 is 0. The number of nitrogens with one attached hydrogen (secondary N) is 1. The van der Waals surface area contributed by atoms with Crippen LogP contribution in [-0.4, -0.2) is 37.4 Å². The molecule has 3 aromatic rings. The van der Waals surface area contributed by atoms with Crippen molar-refractivity contribution >= 4 is 44.9 Å². The number of hydrogen-bond acceptors (Lipinski definition) is 6. The fourth-order valence-corrected chi connectivity index (χ4v) is 3.29. The van der Waals surface area contributed by atoms with Crippen LogP contribution < -0.4 is 11.1 Å². The lowest BCUT2D eigenvalue weighted by Crippen LogP contribution is -2.37. The first-order valence-electron chi connectivity index (χ1n) is 8.48. The Hall–Kier alpha value is -2.42. The van der Waals surface area contributed by atoms with Crippen molar-refractivity contribution in [3.8, 4) is 0 Å². The zero-order valence-electron chi connectivity index (χ0n) is 15.3. The Morgan fingerprint density at radius 2 is 1.93 bits per heavy atom. The van der Waals surface area contributed by atoms with E-state index in [2.05, 4.69) is 10.3 Å². The Labute approximate surface area is 169 Å². The van der Waals surface area contributed by atoms with Gasteiger partial charge in [0.15, 0.2) is 11.5 Å². The minimum atomic E-state index is -3.16. The van der Waals surface area contributed by atoms with Crippen LogP contribution in [0.15, 0.2) is 52.9 Å². The molecule has 0 fully saturated rings. The molecule has 0 aliphatic carbocycles. The Balaban J connectivity index is 0.00000280. The van der Waals surface area contributed by atoms with Crippen LogP contribution in [0.5, 0.6) is 0 Å². The van der Waals surface area contributed by atoms with Gasteiger partial charge in [0.25, 0.3) is 0 Å². The first-order chi connectivity index (χ1) is 12.8. The third-order valence-corrected chi connectivity index (χ3v) is 5.01. The molecule has 7 nitrogen and oxygen atoms in total. The van der Waals surface area contributed by atoms with Crippen molar-refractivity contribution in [2.75, 3.05) is 17.3 Å². The summed E-state index contributed by atoms with van der Waals surface area (Å²) in [6.45, 7) is 0. The Morgan fingerprint density at radius 1 is 1.21 bits per heavy atom. The molecule has 0 bridgehead atoms. The van der Waals surface area contributed by atoms with Gasteiger partial charge in [-0.3, -0.25) is 4.79 Å². The van der Waals surface area contributed by atoms with Crippen LogP contribution in [0.1, 0.15) is 17.9 Å². The number of oxazole rings is 1. The number of amides is 1. The number of aromatic nitrogens is 1. The molecule has 1 heterocycles. The summed E-state index contributed by atoms with van der Waals surface area (Å²) < 4.78 is 28.2. The average Bonchev–Trinajstić information content (AvgIpc) is 3.01. The number of sulfone groups is 1. The standard InChI is InChI=1S/C19H21N3O4S.ClH/c1-27(24,25)10-9-15(20)19(23)21-14-7-8-16-17(12-14)26-18(22-16)11-13-5-3-2-4-6-13;/h2-8,12,15H,9-11,20H2,1H3,(H,21,23);1H. The molecule has 0 aliphatic rings. The van der Waals surface area contributed by atoms with E-state index in [0.29, 0.717) is 29.1 Å². The van der Waals surface area contributed by atoms with Crippen LogP contribution in [-0.2, 0) is 21.1 Å². The molecule has 1 unspecified atom stereocenters. The second-order valence-electron chi connectivity index (χ2n) is 6.47. The molecule has 1 aromatic heterocycles. The SMILES string of the molecule is CS(=O)(=O)CCC(N)C(=O)Nc1ccc2nc(Cc3ccccc3)oc2c1.Cl. The summed E-state index contributed by atoms with van der Waals surface area (Å²) in [5.74, 6) is 0.0116. The number of benzene rings is 2. The minimum absolute atomic E-state index is 0. The predicted octanol–water partition coefficient (Wildman–Crippen LogP) is 2.54. The van der Waals surface area contributed by atoms with Crippen molar-refractivity contribution in [3.05, 3.63) is 60.0 Å². The van der Waals surface area contributed by atoms with Crippen LogP contribution in [0.25, 0.3) is 11.1 Å². The van der Waals surface area contributed by atoms with Gasteiger partial charge in [0.2, 0.25) is 5.91 Å². The molecular weight excluding hydrogens is 402 g/mol. The predicted molar refractivity (Wildman–Crippen MR) is 111 cm³/mol. The molecule has 1 atom stereocenters. The number of carbonyl (C=O) groups excluding carboxylic acids is 1. The van der Waals surface area contributed by atoms with Gasteiger partial charge in [-0.05, 0) is 24.1 Å². The summed E-state index contributed by atoms with van der Waals surface area (Å²) in [6.07, 6.45) is 1.76.